The second-order valence-corrected chi connectivity index (χ2v) is 5.47. The lowest BCUT2D eigenvalue weighted by Gasteiger charge is -2.15. The van der Waals surface area contributed by atoms with Crippen molar-refractivity contribution >= 4 is 22.6 Å². The highest BCUT2D eigenvalue weighted by molar-refractivity contribution is 6.35. The molecule has 0 aliphatic rings. The Hall–Kier alpha value is -1.06. The molecule has 0 amide bonds. The summed E-state index contributed by atoms with van der Waals surface area (Å²) in [7, 11) is 0. The molecule has 1 heterocycles. The Morgan fingerprint density at radius 1 is 1.39 bits per heavy atom. The summed E-state index contributed by atoms with van der Waals surface area (Å²) in [5.41, 5.74) is 8.19. The SMILES string of the molecule is CCn1c(C(N)CC(C)C)nc2cccc(Cl)c21. The lowest BCUT2D eigenvalue weighted by Crippen LogP contribution is -2.18. The topological polar surface area (TPSA) is 43.8 Å². The molecule has 0 spiro atoms. The van der Waals surface area contributed by atoms with Crippen LogP contribution >= 0.6 is 11.6 Å². The van der Waals surface area contributed by atoms with Crippen molar-refractivity contribution in [3.63, 3.8) is 0 Å². The van der Waals surface area contributed by atoms with Gasteiger partial charge in [-0.15, -0.1) is 0 Å². The molecule has 0 aliphatic heterocycles. The third-order valence-electron chi connectivity index (χ3n) is 3.12. The van der Waals surface area contributed by atoms with E-state index in [1.807, 2.05) is 18.2 Å². The van der Waals surface area contributed by atoms with E-state index >= 15 is 0 Å². The van der Waals surface area contributed by atoms with Gasteiger partial charge in [0.1, 0.15) is 5.82 Å². The van der Waals surface area contributed by atoms with E-state index in [0.717, 1.165) is 34.8 Å². The molecule has 1 aromatic carbocycles. The Labute approximate surface area is 113 Å². The fourth-order valence-corrected chi connectivity index (χ4v) is 2.65. The highest BCUT2D eigenvalue weighted by Gasteiger charge is 2.18. The molecule has 0 aliphatic carbocycles. The van der Waals surface area contributed by atoms with Crippen molar-refractivity contribution in [2.24, 2.45) is 11.7 Å². The first kappa shape index (κ1) is 13.4. The van der Waals surface area contributed by atoms with Gasteiger partial charge in [-0.1, -0.05) is 31.5 Å². The fourth-order valence-electron chi connectivity index (χ4n) is 2.38. The first-order chi connectivity index (χ1) is 8.54. The summed E-state index contributed by atoms with van der Waals surface area (Å²) < 4.78 is 2.13. The summed E-state index contributed by atoms with van der Waals surface area (Å²) in [6.07, 6.45) is 0.931. The molecule has 4 heteroatoms. The number of nitrogens with two attached hydrogens (primary N) is 1. The Bertz CT molecular complexity index is 545. The van der Waals surface area contributed by atoms with E-state index in [1.165, 1.54) is 0 Å². The summed E-state index contributed by atoms with van der Waals surface area (Å²) >= 11 is 6.26. The van der Waals surface area contributed by atoms with Crippen molar-refractivity contribution < 1.29 is 0 Å². The number of fused-ring (bicyclic) bond motifs is 1. The van der Waals surface area contributed by atoms with Gasteiger partial charge in [0.2, 0.25) is 0 Å². The average Bonchev–Trinajstić information content (AvgIpc) is 2.68. The molecule has 2 rings (SSSR count). The van der Waals surface area contributed by atoms with Gasteiger partial charge in [0.15, 0.2) is 0 Å². The smallest absolute Gasteiger partial charge is 0.126 e. The van der Waals surface area contributed by atoms with E-state index in [2.05, 4.69) is 30.3 Å². The molecule has 0 saturated carbocycles. The minimum atomic E-state index is -0.0339. The van der Waals surface area contributed by atoms with Crippen molar-refractivity contribution in [1.82, 2.24) is 9.55 Å². The number of aromatic nitrogens is 2. The quantitative estimate of drug-likeness (QED) is 0.915. The summed E-state index contributed by atoms with van der Waals surface area (Å²) in [6.45, 7) is 7.27. The van der Waals surface area contributed by atoms with Crippen LogP contribution in [0.2, 0.25) is 5.02 Å². The van der Waals surface area contributed by atoms with Crippen LogP contribution in [-0.2, 0) is 6.54 Å². The van der Waals surface area contributed by atoms with Gasteiger partial charge in [0.25, 0.3) is 0 Å². The lowest BCUT2D eigenvalue weighted by atomic mass is 10.0. The number of imidazole rings is 1. The van der Waals surface area contributed by atoms with E-state index in [9.17, 15) is 0 Å². The van der Waals surface area contributed by atoms with E-state index in [4.69, 9.17) is 17.3 Å². The van der Waals surface area contributed by atoms with Crippen molar-refractivity contribution in [3.8, 4) is 0 Å². The van der Waals surface area contributed by atoms with Crippen LogP contribution in [0.25, 0.3) is 11.0 Å². The lowest BCUT2D eigenvalue weighted by molar-refractivity contribution is 0.479. The van der Waals surface area contributed by atoms with Crippen molar-refractivity contribution in [1.29, 1.82) is 0 Å². The number of para-hydroxylation sites is 1. The summed E-state index contributed by atoms with van der Waals surface area (Å²) in [4.78, 5) is 4.65. The van der Waals surface area contributed by atoms with E-state index in [-0.39, 0.29) is 6.04 Å². The summed E-state index contributed by atoms with van der Waals surface area (Å²) in [5.74, 6) is 1.50. The standard InChI is InChI=1S/C14H20ClN3/c1-4-18-13-10(15)6-5-7-12(13)17-14(18)11(16)8-9(2)3/h5-7,9,11H,4,8,16H2,1-3H3. The van der Waals surface area contributed by atoms with Crippen LogP contribution < -0.4 is 5.73 Å². The second-order valence-electron chi connectivity index (χ2n) is 5.06. The number of halogens is 1. The van der Waals surface area contributed by atoms with Crippen molar-refractivity contribution in [3.05, 3.63) is 29.0 Å². The predicted molar refractivity (Wildman–Crippen MR) is 76.8 cm³/mol. The highest BCUT2D eigenvalue weighted by Crippen LogP contribution is 2.28. The van der Waals surface area contributed by atoms with Crippen molar-refractivity contribution in [2.75, 3.05) is 0 Å². The monoisotopic (exact) mass is 265 g/mol. The van der Waals surface area contributed by atoms with Crippen LogP contribution in [0.3, 0.4) is 0 Å². The Morgan fingerprint density at radius 3 is 2.72 bits per heavy atom. The van der Waals surface area contributed by atoms with Gasteiger partial charge in [-0.05, 0) is 31.4 Å². The maximum Gasteiger partial charge on any atom is 0.126 e. The zero-order valence-corrected chi connectivity index (χ0v) is 11.9. The molecule has 0 bridgehead atoms. The number of nitrogens with zero attached hydrogens (tertiary/aromatic N) is 2. The second kappa shape index (κ2) is 5.29. The molecule has 2 N–H and O–H groups in total. The minimum absolute atomic E-state index is 0.0339. The highest BCUT2D eigenvalue weighted by atomic mass is 35.5. The average molecular weight is 266 g/mol. The van der Waals surface area contributed by atoms with Crippen LogP contribution in [-0.4, -0.2) is 9.55 Å². The number of hydrogen-bond donors (Lipinski definition) is 1. The maximum atomic E-state index is 6.26. The normalized spacial score (nSPS) is 13.4. The third-order valence-corrected chi connectivity index (χ3v) is 3.43. The van der Waals surface area contributed by atoms with E-state index < -0.39 is 0 Å². The number of aryl methyl sites for hydroxylation is 1. The van der Waals surface area contributed by atoms with Gasteiger partial charge in [-0.3, -0.25) is 0 Å². The number of benzene rings is 1. The Kier molecular flexibility index (Phi) is 3.93. The summed E-state index contributed by atoms with van der Waals surface area (Å²) in [5, 5.41) is 0.741. The molecule has 0 fully saturated rings. The Balaban J connectivity index is 2.54. The van der Waals surface area contributed by atoms with Gasteiger partial charge in [0, 0.05) is 6.54 Å². The van der Waals surface area contributed by atoms with Gasteiger partial charge in [0.05, 0.1) is 22.1 Å². The number of hydrogen-bond acceptors (Lipinski definition) is 2. The van der Waals surface area contributed by atoms with Crippen LogP contribution in [0.15, 0.2) is 18.2 Å². The molecular weight excluding hydrogens is 246 g/mol. The predicted octanol–water partition coefficient (Wildman–Crippen LogP) is 3.76. The molecule has 98 valence electrons. The van der Waals surface area contributed by atoms with Gasteiger partial charge < -0.3 is 10.3 Å². The molecule has 3 nitrogen and oxygen atoms in total. The largest absolute Gasteiger partial charge is 0.326 e. The van der Waals surface area contributed by atoms with E-state index in [0.29, 0.717) is 5.92 Å². The van der Waals surface area contributed by atoms with Crippen molar-refractivity contribution in [2.45, 2.75) is 39.8 Å². The Morgan fingerprint density at radius 2 is 2.11 bits per heavy atom. The fraction of sp³-hybridized carbons (Fsp3) is 0.500. The first-order valence-electron chi connectivity index (χ1n) is 6.44. The molecule has 1 atom stereocenters. The number of rotatable bonds is 4. The molecule has 0 radical (unpaired) electrons. The maximum absolute atomic E-state index is 6.26. The molecule has 18 heavy (non-hydrogen) atoms. The van der Waals surface area contributed by atoms with Crippen LogP contribution in [0.4, 0.5) is 0 Å². The zero-order valence-electron chi connectivity index (χ0n) is 11.2. The minimum Gasteiger partial charge on any atom is -0.326 e. The molecule has 1 aromatic heterocycles. The molecule has 1 unspecified atom stereocenters. The van der Waals surface area contributed by atoms with Crippen LogP contribution in [0.1, 0.15) is 39.1 Å². The van der Waals surface area contributed by atoms with Crippen LogP contribution in [0, 0.1) is 5.92 Å². The molecule has 0 saturated heterocycles. The van der Waals surface area contributed by atoms with Gasteiger partial charge in [-0.25, -0.2) is 4.98 Å². The van der Waals surface area contributed by atoms with Gasteiger partial charge >= 0.3 is 0 Å². The summed E-state index contributed by atoms with van der Waals surface area (Å²) in [6, 6.07) is 5.78. The molecular formula is C14H20ClN3. The molecule has 2 aromatic rings. The third kappa shape index (κ3) is 2.38. The zero-order chi connectivity index (χ0) is 13.3. The van der Waals surface area contributed by atoms with E-state index in [1.54, 1.807) is 0 Å². The van der Waals surface area contributed by atoms with Gasteiger partial charge in [-0.2, -0.15) is 0 Å². The van der Waals surface area contributed by atoms with Crippen LogP contribution in [0.5, 0.6) is 0 Å². The first-order valence-corrected chi connectivity index (χ1v) is 6.82.